The highest BCUT2D eigenvalue weighted by atomic mass is 15.2. The summed E-state index contributed by atoms with van der Waals surface area (Å²) in [5.74, 6) is 0.900. The fourth-order valence-corrected chi connectivity index (χ4v) is 3.70. The third kappa shape index (κ3) is 3.43. The normalized spacial score (nSPS) is 28.6. The van der Waals surface area contributed by atoms with Gasteiger partial charge in [-0.15, -0.1) is 0 Å². The van der Waals surface area contributed by atoms with Crippen LogP contribution >= 0.6 is 0 Å². The molecule has 1 aliphatic carbocycles. The maximum atomic E-state index is 3.38. The molecule has 0 spiro atoms. The van der Waals surface area contributed by atoms with Crippen LogP contribution < -0.4 is 5.32 Å². The second-order valence-corrected chi connectivity index (χ2v) is 6.50. The van der Waals surface area contributed by atoms with Crippen molar-refractivity contribution in [3.8, 4) is 0 Å². The van der Waals surface area contributed by atoms with Crippen molar-refractivity contribution in [1.82, 2.24) is 15.1 Å². The Morgan fingerprint density at radius 3 is 2.65 bits per heavy atom. The van der Waals surface area contributed by atoms with Crippen LogP contribution in [0, 0.1) is 11.3 Å². The quantitative estimate of drug-likeness (QED) is 0.753. The second-order valence-electron chi connectivity index (χ2n) is 6.50. The summed E-state index contributed by atoms with van der Waals surface area (Å²) in [5, 5.41) is 3.38. The zero-order valence-corrected chi connectivity index (χ0v) is 11.8. The molecule has 100 valence electrons. The Labute approximate surface area is 107 Å². The van der Waals surface area contributed by atoms with Crippen molar-refractivity contribution in [3.05, 3.63) is 0 Å². The highest BCUT2D eigenvalue weighted by molar-refractivity contribution is 4.92. The summed E-state index contributed by atoms with van der Waals surface area (Å²) in [6.07, 6.45) is 5.66. The van der Waals surface area contributed by atoms with Crippen molar-refractivity contribution in [3.63, 3.8) is 0 Å². The summed E-state index contributed by atoms with van der Waals surface area (Å²) in [6.45, 7) is 6.36. The summed E-state index contributed by atoms with van der Waals surface area (Å²) in [6, 6.07) is 0. The zero-order valence-electron chi connectivity index (χ0n) is 11.8. The topological polar surface area (TPSA) is 18.5 Å². The minimum atomic E-state index is 0.591. The predicted octanol–water partition coefficient (Wildman–Crippen LogP) is 1.26. The molecule has 3 heteroatoms. The number of nitrogens with one attached hydrogen (secondary N) is 1. The van der Waals surface area contributed by atoms with E-state index >= 15 is 0 Å². The second kappa shape index (κ2) is 5.68. The Balaban J connectivity index is 1.74. The highest BCUT2D eigenvalue weighted by Crippen LogP contribution is 2.40. The van der Waals surface area contributed by atoms with Crippen molar-refractivity contribution in [1.29, 1.82) is 0 Å². The van der Waals surface area contributed by atoms with Gasteiger partial charge in [0.2, 0.25) is 0 Å². The standard InChI is InChI=1S/C14H29N3/c1-15-11-14(6-4-7-14)12-17(3)10-13-5-8-16(2)9-13/h13,15H,4-12H2,1-3H3. The predicted molar refractivity (Wildman–Crippen MR) is 73.3 cm³/mol. The van der Waals surface area contributed by atoms with Crippen LogP contribution in [0.2, 0.25) is 0 Å². The molecule has 1 saturated heterocycles. The molecular weight excluding hydrogens is 210 g/mol. The maximum absolute atomic E-state index is 3.38. The lowest BCUT2D eigenvalue weighted by Crippen LogP contribution is -2.47. The van der Waals surface area contributed by atoms with Crippen LogP contribution in [0.3, 0.4) is 0 Å². The van der Waals surface area contributed by atoms with Crippen LogP contribution in [0.15, 0.2) is 0 Å². The van der Waals surface area contributed by atoms with Gasteiger partial charge < -0.3 is 15.1 Å². The molecule has 0 aromatic carbocycles. The van der Waals surface area contributed by atoms with E-state index in [-0.39, 0.29) is 0 Å². The molecule has 17 heavy (non-hydrogen) atoms. The van der Waals surface area contributed by atoms with Crippen molar-refractivity contribution in [2.75, 3.05) is 53.9 Å². The van der Waals surface area contributed by atoms with Crippen LogP contribution in [0.25, 0.3) is 0 Å². The van der Waals surface area contributed by atoms with Gasteiger partial charge in [0.1, 0.15) is 0 Å². The fourth-order valence-electron chi connectivity index (χ4n) is 3.70. The van der Waals surface area contributed by atoms with Gasteiger partial charge in [0.25, 0.3) is 0 Å². The summed E-state index contributed by atoms with van der Waals surface area (Å²) in [4.78, 5) is 5.05. The van der Waals surface area contributed by atoms with Crippen LogP contribution in [0.5, 0.6) is 0 Å². The molecule has 2 fully saturated rings. The maximum Gasteiger partial charge on any atom is 0.00472 e. The molecule has 2 aliphatic rings. The van der Waals surface area contributed by atoms with E-state index in [4.69, 9.17) is 0 Å². The van der Waals surface area contributed by atoms with Gasteiger partial charge in [-0.25, -0.2) is 0 Å². The Bertz CT molecular complexity index is 238. The van der Waals surface area contributed by atoms with E-state index in [1.165, 1.54) is 58.4 Å². The smallest absolute Gasteiger partial charge is 0.00472 e. The van der Waals surface area contributed by atoms with E-state index in [0.717, 1.165) is 5.92 Å². The SMILES string of the molecule is CNCC1(CN(C)CC2CCN(C)C2)CCC1. The molecule has 0 amide bonds. The number of hydrogen-bond donors (Lipinski definition) is 1. The Morgan fingerprint density at radius 2 is 2.18 bits per heavy atom. The van der Waals surface area contributed by atoms with Crippen LogP contribution in [-0.4, -0.2) is 63.7 Å². The summed E-state index contributed by atoms with van der Waals surface area (Å²) >= 11 is 0. The molecule has 0 bridgehead atoms. The van der Waals surface area contributed by atoms with Gasteiger partial charge in [0, 0.05) is 26.2 Å². The third-order valence-corrected chi connectivity index (χ3v) is 4.63. The van der Waals surface area contributed by atoms with Crippen molar-refractivity contribution >= 4 is 0 Å². The van der Waals surface area contributed by atoms with E-state index in [0.29, 0.717) is 5.41 Å². The molecule has 1 unspecified atom stereocenters. The molecule has 1 atom stereocenters. The molecule has 3 nitrogen and oxygen atoms in total. The van der Waals surface area contributed by atoms with Crippen molar-refractivity contribution in [2.24, 2.45) is 11.3 Å². The first-order valence-electron chi connectivity index (χ1n) is 7.15. The van der Waals surface area contributed by atoms with E-state index in [9.17, 15) is 0 Å². The van der Waals surface area contributed by atoms with Gasteiger partial charge in [0.15, 0.2) is 0 Å². The molecule has 0 aromatic heterocycles. The molecule has 0 radical (unpaired) electrons. The minimum Gasteiger partial charge on any atom is -0.319 e. The molecule has 0 aromatic rings. The lowest BCUT2D eigenvalue weighted by molar-refractivity contribution is 0.0734. The summed E-state index contributed by atoms with van der Waals surface area (Å²) in [5.41, 5.74) is 0.591. The fraction of sp³-hybridized carbons (Fsp3) is 1.00. The van der Waals surface area contributed by atoms with Gasteiger partial charge in [-0.3, -0.25) is 0 Å². The highest BCUT2D eigenvalue weighted by Gasteiger charge is 2.37. The largest absolute Gasteiger partial charge is 0.319 e. The van der Waals surface area contributed by atoms with E-state index in [2.05, 4.69) is 36.3 Å². The van der Waals surface area contributed by atoms with Gasteiger partial charge in [-0.1, -0.05) is 6.42 Å². The van der Waals surface area contributed by atoms with Crippen LogP contribution in [-0.2, 0) is 0 Å². The Morgan fingerprint density at radius 1 is 1.41 bits per heavy atom. The lowest BCUT2D eigenvalue weighted by atomic mass is 9.68. The Hall–Kier alpha value is -0.120. The first kappa shape index (κ1) is 13.3. The summed E-state index contributed by atoms with van der Waals surface area (Å²) < 4.78 is 0. The minimum absolute atomic E-state index is 0.591. The number of hydrogen-bond acceptors (Lipinski definition) is 3. The van der Waals surface area contributed by atoms with Crippen LogP contribution in [0.4, 0.5) is 0 Å². The van der Waals surface area contributed by atoms with Crippen LogP contribution in [0.1, 0.15) is 25.7 Å². The number of nitrogens with zero attached hydrogens (tertiary/aromatic N) is 2. The average Bonchev–Trinajstić information content (AvgIpc) is 2.61. The van der Waals surface area contributed by atoms with Crippen molar-refractivity contribution < 1.29 is 0 Å². The van der Waals surface area contributed by atoms with Gasteiger partial charge in [-0.05, 0) is 58.3 Å². The molecule has 1 aliphatic heterocycles. The third-order valence-electron chi connectivity index (χ3n) is 4.63. The molecule has 1 N–H and O–H groups in total. The van der Waals surface area contributed by atoms with E-state index < -0.39 is 0 Å². The molecule has 2 rings (SSSR count). The number of likely N-dealkylation sites (tertiary alicyclic amines) is 1. The van der Waals surface area contributed by atoms with Gasteiger partial charge in [-0.2, -0.15) is 0 Å². The summed E-state index contributed by atoms with van der Waals surface area (Å²) in [7, 11) is 6.65. The van der Waals surface area contributed by atoms with E-state index in [1.54, 1.807) is 0 Å². The van der Waals surface area contributed by atoms with Gasteiger partial charge >= 0.3 is 0 Å². The Kier molecular flexibility index (Phi) is 4.45. The first-order chi connectivity index (χ1) is 8.13. The van der Waals surface area contributed by atoms with Gasteiger partial charge in [0.05, 0.1) is 0 Å². The number of rotatable bonds is 6. The molecular formula is C14H29N3. The molecule has 1 heterocycles. The first-order valence-corrected chi connectivity index (χ1v) is 7.15. The molecule has 1 saturated carbocycles. The lowest BCUT2D eigenvalue weighted by Gasteiger charge is -2.44. The average molecular weight is 239 g/mol. The van der Waals surface area contributed by atoms with Crippen molar-refractivity contribution in [2.45, 2.75) is 25.7 Å². The zero-order chi connectivity index (χ0) is 12.3. The van der Waals surface area contributed by atoms with E-state index in [1.807, 2.05) is 0 Å². The monoisotopic (exact) mass is 239 g/mol.